The van der Waals surface area contributed by atoms with Crippen LogP contribution in [-0.2, 0) is 11.3 Å². The number of hydrogen-bond donors (Lipinski definition) is 0. The first kappa shape index (κ1) is 10.8. The second kappa shape index (κ2) is 4.18. The number of fused-ring (bicyclic) bond motifs is 3. The van der Waals surface area contributed by atoms with Crippen molar-refractivity contribution in [1.29, 1.82) is 0 Å². The van der Waals surface area contributed by atoms with Crippen molar-refractivity contribution in [3.05, 3.63) is 36.3 Å². The number of benzene rings is 1. The first-order valence-corrected chi connectivity index (χ1v) is 5.65. The van der Waals surface area contributed by atoms with Crippen LogP contribution in [0.15, 0.2) is 30.7 Å². The molecule has 2 aromatic rings. The van der Waals surface area contributed by atoms with Crippen LogP contribution < -0.4 is 4.74 Å². The maximum atomic E-state index is 11.5. The Bertz CT molecular complexity index is 604. The van der Waals surface area contributed by atoms with Crippen LogP contribution in [0.25, 0.3) is 11.3 Å². The van der Waals surface area contributed by atoms with E-state index in [0.717, 1.165) is 23.6 Å². The van der Waals surface area contributed by atoms with Gasteiger partial charge in [-0.25, -0.2) is 9.78 Å². The average Bonchev–Trinajstić information content (AvgIpc) is 2.80. The Morgan fingerprint density at radius 1 is 1.50 bits per heavy atom. The Balaban J connectivity index is 2.16. The summed E-state index contributed by atoms with van der Waals surface area (Å²) >= 11 is 0. The lowest BCUT2D eigenvalue weighted by molar-refractivity contribution is 0.0601. The second-order valence-corrected chi connectivity index (χ2v) is 4.02. The Kier molecular flexibility index (Phi) is 2.51. The first-order chi connectivity index (χ1) is 8.79. The van der Waals surface area contributed by atoms with Crippen LogP contribution in [0.5, 0.6) is 5.75 Å². The van der Waals surface area contributed by atoms with Gasteiger partial charge >= 0.3 is 5.97 Å². The molecule has 0 saturated heterocycles. The SMILES string of the molecule is COC(=O)c1ccc2c(c1)-c1cncn1CCO2. The van der Waals surface area contributed by atoms with Crippen molar-refractivity contribution in [3.8, 4) is 17.0 Å². The quantitative estimate of drug-likeness (QED) is 0.717. The number of carbonyl (C=O) groups excluding carboxylic acids is 1. The highest BCUT2D eigenvalue weighted by Crippen LogP contribution is 2.33. The Morgan fingerprint density at radius 2 is 2.39 bits per heavy atom. The summed E-state index contributed by atoms with van der Waals surface area (Å²) in [6, 6.07) is 5.28. The number of rotatable bonds is 1. The largest absolute Gasteiger partial charge is 0.491 e. The number of carbonyl (C=O) groups is 1. The van der Waals surface area contributed by atoms with Crippen molar-refractivity contribution in [2.75, 3.05) is 13.7 Å². The maximum Gasteiger partial charge on any atom is 0.337 e. The van der Waals surface area contributed by atoms with Gasteiger partial charge in [-0.1, -0.05) is 0 Å². The third kappa shape index (κ3) is 1.64. The van der Waals surface area contributed by atoms with Gasteiger partial charge in [0.25, 0.3) is 0 Å². The van der Waals surface area contributed by atoms with Crippen LogP contribution in [0.3, 0.4) is 0 Å². The lowest BCUT2D eigenvalue weighted by Crippen LogP contribution is -2.04. The van der Waals surface area contributed by atoms with Gasteiger partial charge in [-0.3, -0.25) is 0 Å². The van der Waals surface area contributed by atoms with Gasteiger partial charge in [-0.2, -0.15) is 0 Å². The highest BCUT2D eigenvalue weighted by molar-refractivity contribution is 5.91. The van der Waals surface area contributed by atoms with Crippen molar-refractivity contribution < 1.29 is 14.3 Å². The third-order valence-electron chi connectivity index (χ3n) is 2.98. The summed E-state index contributed by atoms with van der Waals surface area (Å²) in [4.78, 5) is 15.7. The summed E-state index contributed by atoms with van der Waals surface area (Å²) in [5.41, 5.74) is 2.33. The van der Waals surface area contributed by atoms with E-state index in [1.807, 2.05) is 4.57 Å². The highest BCUT2D eigenvalue weighted by Gasteiger charge is 2.17. The topological polar surface area (TPSA) is 53.3 Å². The molecule has 1 aliphatic heterocycles. The molecule has 0 amide bonds. The predicted octanol–water partition coefficient (Wildman–Crippen LogP) is 1.73. The van der Waals surface area contributed by atoms with E-state index in [0.29, 0.717) is 12.2 Å². The molecule has 3 rings (SSSR count). The van der Waals surface area contributed by atoms with Crippen LogP contribution in [0.4, 0.5) is 0 Å². The molecule has 0 aliphatic carbocycles. The van der Waals surface area contributed by atoms with E-state index >= 15 is 0 Å². The molecule has 92 valence electrons. The number of aromatic nitrogens is 2. The first-order valence-electron chi connectivity index (χ1n) is 5.65. The zero-order chi connectivity index (χ0) is 12.5. The van der Waals surface area contributed by atoms with Gasteiger partial charge in [-0.05, 0) is 18.2 Å². The summed E-state index contributed by atoms with van der Waals surface area (Å²) < 4.78 is 12.4. The molecule has 0 atom stereocenters. The highest BCUT2D eigenvalue weighted by atomic mass is 16.5. The Morgan fingerprint density at radius 3 is 3.22 bits per heavy atom. The molecule has 5 nitrogen and oxygen atoms in total. The van der Waals surface area contributed by atoms with Crippen molar-refractivity contribution in [1.82, 2.24) is 9.55 Å². The average molecular weight is 244 g/mol. The molecule has 0 bridgehead atoms. The van der Waals surface area contributed by atoms with Crippen LogP contribution in [0, 0.1) is 0 Å². The molecule has 0 fully saturated rings. The van der Waals surface area contributed by atoms with E-state index in [1.54, 1.807) is 30.7 Å². The molecular weight excluding hydrogens is 232 g/mol. The molecule has 1 aromatic heterocycles. The van der Waals surface area contributed by atoms with Gasteiger partial charge in [0.05, 0.1) is 37.4 Å². The predicted molar refractivity (Wildman–Crippen MR) is 64.5 cm³/mol. The summed E-state index contributed by atoms with van der Waals surface area (Å²) in [6.07, 6.45) is 3.53. The monoisotopic (exact) mass is 244 g/mol. The number of nitrogens with zero attached hydrogens (tertiary/aromatic N) is 2. The van der Waals surface area contributed by atoms with E-state index < -0.39 is 0 Å². The number of imidazole rings is 1. The third-order valence-corrected chi connectivity index (χ3v) is 2.98. The summed E-state index contributed by atoms with van der Waals surface area (Å²) in [5.74, 6) is 0.412. The molecule has 2 heterocycles. The molecule has 0 N–H and O–H groups in total. The molecule has 0 spiro atoms. The van der Waals surface area contributed by atoms with Crippen molar-refractivity contribution in [2.24, 2.45) is 0 Å². The lowest BCUT2D eigenvalue weighted by Gasteiger charge is -2.08. The molecule has 5 heteroatoms. The van der Waals surface area contributed by atoms with Gasteiger partial charge in [0.1, 0.15) is 12.4 Å². The van der Waals surface area contributed by atoms with Gasteiger partial charge in [0.15, 0.2) is 0 Å². The van der Waals surface area contributed by atoms with E-state index in [4.69, 9.17) is 9.47 Å². The second-order valence-electron chi connectivity index (χ2n) is 4.02. The summed E-state index contributed by atoms with van der Waals surface area (Å²) in [5, 5.41) is 0. The standard InChI is InChI=1S/C13H12N2O3/c1-17-13(16)9-2-3-12-10(6-9)11-7-14-8-15(11)4-5-18-12/h2-3,6-8H,4-5H2,1H3. The van der Waals surface area contributed by atoms with E-state index in [9.17, 15) is 4.79 Å². The minimum absolute atomic E-state index is 0.354. The van der Waals surface area contributed by atoms with Crippen LogP contribution >= 0.6 is 0 Å². The number of methoxy groups -OCH3 is 1. The number of ether oxygens (including phenoxy) is 2. The zero-order valence-electron chi connectivity index (χ0n) is 9.92. The van der Waals surface area contributed by atoms with E-state index in [-0.39, 0.29) is 5.97 Å². The molecular formula is C13H12N2O3. The fraction of sp³-hybridized carbons (Fsp3) is 0.231. The van der Waals surface area contributed by atoms with Crippen LogP contribution in [0.2, 0.25) is 0 Å². The number of esters is 1. The van der Waals surface area contributed by atoms with Crippen molar-refractivity contribution >= 4 is 5.97 Å². The van der Waals surface area contributed by atoms with Gasteiger partial charge < -0.3 is 14.0 Å². The lowest BCUT2D eigenvalue weighted by atomic mass is 10.1. The minimum Gasteiger partial charge on any atom is -0.491 e. The minimum atomic E-state index is -0.354. The maximum absolute atomic E-state index is 11.5. The summed E-state index contributed by atoms with van der Waals surface area (Å²) in [7, 11) is 1.37. The van der Waals surface area contributed by atoms with E-state index in [2.05, 4.69) is 4.98 Å². The zero-order valence-corrected chi connectivity index (χ0v) is 9.92. The Hall–Kier alpha value is -2.30. The normalized spacial score (nSPS) is 12.9. The van der Waals surface area contributed by atoms with Crippen LogP contribution in [0.1, 0.15) is 10.4 Å². The molecule has 1 aromatic carbocycles. The van der Waals surface area contributed by atoms with Crippen molar-refractivity contribution in [2.45, 2.75) is 6.54 Å². The van der Waals surface area contributed by atoms with E-state index in [1.165, 1.54) is 7.11 Å². The molecule has 0 saturated carbocycles. The smallest absolute Gasteiger partial charge is 0.337 e. The molecule has 0 radical (unpaired) electrons. The molecule has 1 aliphatic rings. The van der Waals surface area contributed by atoms with Crippen molar-refractivity contribution in [3.63, 3.8) is 0 Å². The molecule has 18 heavy (non-hydrogen) atoms. The van der Waals surface area contributed by atoms with Gasteiger partial charge in [-0.15, -0.1) is 0 Å². The fourth-order valence-electron chi connectivity index (χ4n) is 2.08. The molecule has 0 unspecified atom stereocenters. The summed E-state index contributed by atoms with van der Waals surface area (Å²) in [6.45, 7) is 1.34. The van der Waals surface area contributed by atoms with Gasteiger partial charge in [0.2, 0.25) is 0 Å². The van der Waals surface area contributed by atoms with Crippen LogP contribution in [-0.4, -0.2) is 29.2 Å². The number of hydrogen-bond acceptors (Lipinski definition) is 4. The fourth-order valence-corrected chi connectivity index (χ4v) is 2.08. The van der Waals surface area contributed by atoms with Gasteiger partial charge in [0, 0.05) is 5.56 Å². The Labute approximate surface area is 104 Å².